The van der Waals surface area contributed by atoms with Gasteiger partial charge >= 0.3 is 0 Å². The van der Waals surface area contributed by atoms with Crippen molar-refractivity contribution in [2.45, 2.75) is 26.9 Å². The van der Waals surface area contributed by atoms with Crippen molar-refractivity contribution in [3.63, 3.8) is 0 Å². The number of rotatable bonds is 2. The molecule has 1 aromatic heterocycles. The lowest BCUT2D eigenvalue weighted by atomic mass is 9.88. The minimum Gasteiger partial charge on any atom is -0.497 e. The highest BCUT2D eigenvalue weighted by atomic mass is 16.5. The summed E-state index contributed by atoms with van der Waals surface area (Å²) >= 11 is 0. The van der Waals surface area contributed by atoms with Gasteiger partial charge in [-0.1, -0.05) is 20.8 Å². The van der Waals surface area contributed by atoms with E-state index in [4.69, 9.17) is 9.15 Å². The number of furan rings is 1. The zero-order chi connectivity index (χ0) is 12.6. The second-order valence-electron chi connectivity index (χ2n) is 5.32. The van der Waals surface area contributed by atoms with Crippen LogP contribution in [0.15, 0.2) is 28.7 Å². The van der Waals surface area contributed by atoms with Crippen LogP contribution in [0.25, 0.3) is 11.0 Å². The Morgan fingerprint density at radius 2 is 1.94 bits per heavy atom. The van der Waals surface area contributed by atoms with Crippen LogP contribution < -0.4 is 4.74 Å². The third-order valence-corrected chi connectivity index (χ3v) is 2.83. The molecule has 0 amide bonds. The fourth-order valence-corrected chi connectivity index (χ4v) is 1.73. The summed E-state index contributed by atoms with van der Waals surface area (Å²) in [6.07, 6.45) is -0.610. The van der Waals surface area contributed by atoms with Crippen LogP contribution in [0.4, 0.5) is 0 Å². The summed E-state index contributed by atoms with van der Waals surface area (Å²) in [5.74, 6) is 1.39. The van der Waals surface area contributed by atoms with Crippen LogP contribution in [0.3, 0.4) is 0 Å². The molecule has 0 bridgehead atoms. The van der Waals surface area contributed by atoms with Crippen molar-refractivity contribution >= 4 is 11.0 Å². The molecule has 1 unspecified atom stereocenters. The number of benzene rings is 1. The summed E-state index contributed by atoms with van der Waals surface area (Å²) in [5.41, 5.74) is 0.530. The van der Waals surface area contributed by atoms with Crippen LogP contribution in [0, 0.1) is 5.41 Å². The molecule has 1 atom stereocenters. The first kappa shape index (κ1) is 12.0. The molecule has 0 saturated carbocycles. The highest BCUT2D eigenvalue weighted by Gasteiger charge is 2.26. The van der Waals surface area contributed by atoms with Crippen LogP contribution in [0.1, 0.15) is 32.6 Å². The van der Waals surface area contributed by atoms with Crippen molar-refractivity contribution < 1.29 is 14.3 Å². The van der Waals surface area contributed by atoms with E-state index in [2.05, 4.69) is 0 Å². The Labute approximate surface area is 101 Å². The van der Waals surface area contributed by atoms with Crippen molar-refractivity contribution in [2.75, 3.05) is 7.11 Å². The molecule has 17 heavy (non-hydrogen) atoms. The Balaban J connectivity index is 2.44. The maximum Gasteiger partial charge on any atom is 0.134 e. The normalized spacial score (nSPS) is 13.9. The molecule has 1 heterocycles. The second kappa shape index (κ2) is 4.08. The first-order valence-corrected chi connectivity index (χ1v) is 5.67. The van der Waals surface area contributed by atoms with Crippen LogP contribution in [0.2, 0.25) is 0 Å². The zero-order valence-corrected chi connectivity index (χ0v) is 10.7. The third-order valence-electron chi connectivity index (χ3n) is 2.83. The van der Waals surface area contributed by atoms with Gasteiger partial charge in [0.25, 0.3) is 0 Å². The minimum atomic E-state index is -0.610. The molecule has 1 aromatic carbocycles. The van der Waals surface area contributed by atoms with Gasteiger partial charge in [0.15, 0.2) is 0 Å². The summed E-state index contributed by atoms with van der Waals surface area (Å²) < 4.78 is 10.8. The van der Waals surface area contributed by atoms with E-state index < -0.39 is 6.10 Å². The number of methoxy groups -OCH3 is 1. The molecule has 0 aliphatic heterocycles. The van der Waals surface area contributed by atoms with Gasteiger partial charge < -0.3 is 14.3 Å². The maximum absolute atomic E-state index is 10.2. The summed E-state index contributed by atoms with van der Waals surface area (Å²) in [7, 11) is 1.63. The molecule has 2 rings (SSSR count). The van der Waals surface area contributed by atoms with Crippen LogP contribution in [-0.2, 0) is 0 Å². The van der Waals surface area contributed by atoms with Crippen LogP contribution in [-0.4, -0.2) is 12.2 Å². The third kappa shape index (κ3) is 2.29. The number of hydrogen-bond acceptors (Lipinski definition) is 3. The second-order valence-corrected chi connectivity index (χ2v) is 5.32. The Morgan fingerprint density at radius 3 is 2.53 bits per heavy atom. The van der Waals surface area contributed by atoms with E-state index in [1.165, 1.54) is 0 Å². The molecule has 2 aromatic rings. The average molecular weight is 234 g/mol. The van der Waals surface area contributed by atoms with Crippen molar-refractivity contribution in [3.05, 3.63) is 30.0 Å². The summed E-state index contributed by atoms with van der Waals surface area (Å²) in [6, 6.07) is 7.47. The number of aliphatic hydroxyl groups excluding tert-OH is 1. The molecule has 0 radical (unpaired) electrons. The van der Waals surface area contributed by atoms with Gasteiger partial charge in [0.1, 0.15) is 23.2 Å². The fraction of sp³-hybridized carbons (Fsp3) is 0.429. The van der Waals surface area contributed by atoms with Gasteiger partial charge in [0.05, 0.1) is 7.11 Å². The Kier molecular flexibility index (Phi) is 2.87. The van der Waals surface area contributed by atoms with Gasteiger partial charge in [-0.2, -0.15) is 0 Å². The van der Waals surface area contributed by atoms with E-state index in [0.29, 0.717) is 5.76 Å². The van der Waals surface area contributed by atoms with E-state index in [9.17, 15) is 5.11 Å². The average Bonchev–Trinajstić information content (AvgIpc) is 2.68. The summed E-state index contributed by atoms with van der Waals surface area (Å²) in [4.78, 5) is 0. The van der Waals surface area contributed by atoms with Gasteiger partial charge in [0.2, 0.25) is 0 Å². The predicted octanol–water partition coefficient (Wildman–Crippen LogP) is 3.52. The first-order chi connectivity index (χ1) is 7.91. The number of ether oxygens (including phenoxy) is 1. The van der Waals surface area contributed by atoms with Gasteiger partial charge in [-0.15, -0.1) is 0 Å². The van der Waals surface area contributed by atoms with Crippen molar-refractivity contribution in [1.82, 2.24) is 0 Å². The molecule has 1 N–H and O–H groups in total. The minimum absolute atomic E-state index is 0.238. The van der Waals surface area contributed by atoms with E-state index >= 15 is 0 Å². The Bertz CT molecular complexity index is 520. The fourth-order valence-electron chi connectivity index (χ4n) is 1.73. The Morgan fingerprint density at radius 1 is 1.24 bits per heavy atom. The van der Waals surface area contributed by atoms with Crippen molar-refractivity contribution in [3.8, 4) is 5.75 Å². The van der Waals surface area contributed by atoms with Gasteiger partial charge in [-0.25, -0.2) is 0 Å². The largest absolute Gasteiger partial charge is 0.497 e. The molecule has 3 nitrogen and oxygen atoms in total. The number of hydrogen-bond donors (Lipinski definition) is 1. The molecule has 0 aliphatic carbocycles. The van der Waals surface area contributed by atoms with Gasteiger partial charge in [-0.05, 0) is 29.7 Å². The lowest BCUT2D eigenvalue weighted by Gasteiger charge is -2.23. The summed E-state index contributed by atoms with van der Waals surface area (Å²) in [5, 5.41) is 11.1. The quantitative estimate of drug-likeness (QED) is 0.864. The lowest BCUT2D eigenvalue weighted by Crippen LogP contribution is -2.16. The molecule has 0 saturated heterocycles. The summed E-state index contributed by atoms with van der Waals surface area (Å²) in [6.45, 7) is 5.93. The molecule has 0 spiro atoms. The molecule has 0 fully saturated rings. The predicted molar refractivity (Wildman–Crippen MR) is 67.2 cm³/mol. The monoisotopic (exact) mass is 234 g/mol. The highest BCUT2D eigenvalue weighted by molar-refractivity contribution is 5.79. The van der Waals surface area contributed by atoms with E-state index in [1.807, 2.05) is 45.0 Å². The van der Waals surface area contributed by atoms with Crippen LogP contribution >= 0.6 is 0 Å². The topological polar surface area (TPSA) is 42.6 Å². The first-order valence-electron chi connectivity index (χ1n) is 5.67. The van der Waals surface area contributed by atoms with Crippen molar-refractivity contribution in [1.29, 1.82) is 0 Å². The molecular weight excluding hydrogens is 216 g/mol. The van der Waals surface area contributed by atoms with E-state index in [1.54, 1.807) is 7.11 Å². The smallest absolute Gasteiger partial charge is 0.134 e. The van der Waals surface area contributed by atoms with Gasteiger partial charge in [0, 0.05) is 5.39 Å². The highest BCUT2D eigenvalue weighted by Crippen LogP contribution is 2.36. The van der Waals surface area contributed by atoms with E-state index in [0.717, 1.165) is 16.7 Å². The standard InChI is InChI=1S/C14H18O3/c1-14(2,3)13(15)12-8-9-7-10(16-4)5-6-11(9)17-12/h5-8,13,15H,1-4H3. The van der Waals surface area contributed by atoms with Crippen LogP contribution in [0.5, 0.6) is 5.75 Å². The molecule has 92 valence electrons. The zero-order valence-electron chi connectivity index (χ0n) is 10.7. The maximum atomic E-state index is 10.2. The molecule has 3 heteroatoms. The Hall–Kier alpha value is -1.48. The number of fused-ring (bicyclic) bond motifs is 1. The number of aliphatic hydroxyl groups is 1. The van der Waals surface area contributed by atoms with Crippen molar-refractivity contribution in [2.24, 2.45) is 5.41 Å². The molecular formula is C14H18O3. The molecule has 0 aliphatic rings. The van der Waals surface area contributed by atoms with Gasteiger partial charge in [-0.3, -0.25) is 0 Å². The van der Waals surface area contributed by atoms with E-state index in [-0.39, 0.29) is 5.41 Å². The lowest BCUT2D eigenvalue weighted by molar-refractivity contribution is 0.0448. The SMILES string of the molecule is COc1ccc2oc(C(O)C(C)(C)C)cc2c1.